The number of nitrogens with zero attached hydrogens (tertiary/aromatic N) is 2. The molecular weight excluding hydrogens is 452 g/mol. The smallest absolute Gasteiger partial charge is 0.407 e. The summed E-state index contributed by atoms with van der Waals surface area (Å²) in [6.07, 6.45) is -1.90. The van der Waals surface area contributed by atoms with Crippen molar-refractivity contribution in [2.75, 3.05) is 6.61 Å². The third-order valence-corrected chi connectivity index (χ3v) is 5.96. The first kappa shape index (κ1) is 24.0. The number of hydrogen-bond donors (Lipinski definition) is 4. The number of amides is 2. The Kier molecular flexibility index (Phi) is 6.83. The summed E-state index contributed by atoms with van der Waals surface area (Å²) in [7, 11) is 1.52. The zero-order valence-electron chi connectivity index (χ0n) is 19.3. The van der Waals surface area contributed by atoms with Crippen LogP contribution in [0.1, 0.15) is 40.2 Å². The van der Waals surface area contributed by atoms with Gasteiger partial charge in [-0.3, -0.25) is 9.48 Å². The highest BCUT2D eigenvalue weighted by molar-refractivity contribution is 5.95. The molecule has 0 fully saturated rings. The van der Waals surface area contributed by atoms with E-state index in [2.05, 4.69) is 27.9 Å². The van der Waals surface area contributed by atoms with Crippen LogP contribution in [0, 0.1) is 0 Å². The third-order valence-electron chi connectivity index (χ3n) is 5.96. The summed E-state index contributed by atoms with van der Waals surface area (Å²) >= 11 is 0. The summed E-state index contributed by atoms with van der Waals surface area (Å²) in [6, 6.07) is 16.1. The molecule has 0 spiro atoms. The van der Waals surface area contributed by atoms with Gasteiger partial charge < -0.3 is 25.6 Å². The first-order valence-electron chi connectivity index (χ1n) is 11.1. The SMILES string of the molecule is C[C@@H](O)[C@H](NC(=O)c1cc(CNC(=O)OCC2c3ccccc3-c3ccccc32)nn1C)C(=O)O. The van der Waals surface area contributed by atoms with Gasteiger partial charge in [0.15, 0.2) is 6.04 Å². The van der Waals surface area contributed by atoms with Crippen LogP contribution in [0.4, 0.5) is 4.79 Å². The number of alkyl carbamates (subject to hydrolysis) is 1. The highest BCUT2D eigenvalue weighted by Gasteiger charge is 2.29. The van der Waals surface area contributed by atoms with Crippen LogP contribution in [-0.2, 0) is 23.1 Å². The number of carboxylic acid groups (broad SMARTS) is 1. The number of fused-ring (bicyclic) bond motifs is 3. The summed E-state index contributed by atoms with van der Waals surface area (Å²) in [5.41, 5.74) is 4.96. The van der Waals surface area contributed by atoms with Crippen molar-refractivity contribution in [3.63, 3.8) is 0 Å². The third kappa shape index (κ3) is 5.02. The van der Waals surface area contributed by atoms with E-state index >= 15 is 0 Å². The lowest BCUT2D eigenvalue weighted by Crippen LogP contribution is -2.48. The van der Waals surface area contributed by atoms with Crippen LogP contribution in [-0.4, -0.2) is 56.7 Å². The van der Waals surface area contributed by atoms with E-state index in [1.807, 2.05) is 36.4 Å². The number of aliphatic hydroxyl groups excluding tert-OH is 1. The molecule has 0 saturated heterocycles. The number of carbonyl (C=O) groups excluding carboxylic acids is 2. The number of aliphatic carboxylic acids is 1. The molecule has 0 radical (unpaired) electrons. The predicted octanol–water partition coefficient (Wildman–Crippen LogP) is 2.02. The van der Waals surface area contributed by atoms with Crippen LogP contribution in [0.2, 0.25) is 0 Å². The molecule has 1 aliphatic rings. The number of carboxylic acids is 1. The number of aliphatic hydroxyl groups is 1. The molecule has 0 bridgehead atoms. The molecule has 182 valence electrons. The number of hydrogen-bond acceptors (Lipinski definition) is 6. The monoisotopic (exact) mass is 478 g/mol. The number of rotatable bonds is 8. The maximum atomic E-state index is 12.4. The standard InChI is InChI=1S/C25H26N4O6/c1-14(30)22(24(32)33)27-23(31)21-11-15(28-29(21)2)12-26-25(34)35-13-20-18-9-5-3-7-16(18)17-8-4-6-10-19(17)20/h3-11,14,20,22,30H,12-13H2,1-2H3,(H,26,34)(H,27,31)(H,32,33)/t14-,22+/m1/s1. The van der Waals surface area contributed by atoms with Crippen LogP contribution >= 0.6 is 0 Å². The summed E-state index contributed by atoms with van der Waals surface area (Å²) in [5.74, 6) is -2.12. The first-order chi connectivity index (χ1) is 16.8. The van der Waals surface area contributed by atoms with Gasteiger partial charge in [0.05, 0.1) is 18.3 Å². The van der Waals surface area contributed by atoms with Crippen molar-refractivity contribution in [2.45, 2.75) is 31.5 Å². The van der Waals surface area contributed by atoms with Crippen molar-refractivity contribution in [1.29, 1.82) is 0 Å². The second kappa shape index (κ2) is 9.98. The zero-order chi connectivity index (χ0) is 25.1. The number of aryl methyl sites for hydroxylation is 1. The fraction of sp³-hybridized carbons (Fsp3) is 0.280. The molecule has 2 amide bonds. The van der Waals surface area contributed by atoms with Crippen molar-refractivity contribution in [3.05, 3.63) is 77.1 Å². The van der Waals surface area contributed by atoms with Gasteiger partial charge in [-0.25, -0.2) is 9.59 Å². The Morgan fingerprint density at radius 3 is 2.26 bits per heavy atom. The molecule has 10 nitrogen and oxygen atoms in total. The number of aromatic nitrogens is 2. The van der Waals surface area contributed by atoms with E-state index < -0.39 is 30.1 Å². The lowest BCUT2D eigenvalue weighted by molar-refractivity contribution is -0.141. The second-order valence-corrected chi connectivity index (χ2v) is 8.35. The van der Waals surface area contributed by atoms with Crippen LogP contribution < -0.4 is 10.6 Å². The Hall–Kier alpha value is -4.18. The van der Waals surface area contributed by atoms with Gasteiger partial charge in [-0.05, 0) is 35.2 Å². The van der Waals surface area contributed by atoms with Crippen molar-refractivity contribution < 1.29 is 29.3 Å². The number of benzene rings is 2. The van der Waals surface area contributed by atoms with Crippen molar-refractivity contribution in [3.8, 4) is 11.1 Å². The van der Waals surface area contributed by atoms with Gasteiger partial charge in [-0.2, -0.15) is 5.10 Å². The Morgan fingerprint density at radius 1 is 1.09 bits per heavy atom. The number of ether oxygens (including phenoxy) is 1. The minimum atomic E-state index is -1.46. The average Bonchev–Trinajstić information content (AvgIpc) is 3.37. The van der Waals surface area contributed by atoms with Crippen LogP contribution in [0.15, 0.2) is 54.6 Å². The molecule has 1 aromatic heterocycles. The lowest BCUT2D eigenvalue weighted by Gasteiger charge is -2.16. The molecule has 4 N–H and O–H groups in total. The van der Waals surface area contributed by atoms with Crippen LogP contribution in [0.3, 0.4) is 0 Å². The van der Waals surface area contributed by atoms with E-state index in [0.717, 1.165) is 22.3 Å². The van der Waals surface area contributed by atoms with Gasteiger partial charge in [0.25, 0.3) is 5.91 Å². The van der Waals surface area contributed by atoms with E-state index in [4.69, 9.17) is 9.84 Å². The molecule has 3 aromatic rings. The Morgan fingerprint density at radius 2 is 1.69 bits per heavy atom. The quantitative estimate of drug-likeness (QED) is 0.388. The molecule has 4 rings (SSSR count). The molecule has 35 heavy (non-hydrogen) atoms. The average molecular weight is 479 g/mol. The lowest BCUT2D eigenvalue weighted by atomic mass is 9.98. The highest BCUT2D eigenvalue weighted by Crippen LogP contribution is 2.44. The van der Waals surface area contributed by atoms with Gasteiger partial charge in [0, 0.05) is 13.0 Å². The van der Waals surface area contributed by atoms with Gasteiger partial charge in [-0.1, -0.05) is 48.5 Å². The molecular formula is C25H26N4O6. The van der Waals surface area contributed by atoms with E-state index in [0.29, 0.717) is 5.69 Å². The fourth-order valence-electron chi connectivity index (χ4n) is 4.24. The maximum absolute atomic E-state index is 12.4. The minimum absolute atomic E-state index is 0.0105. The van der Waals surface area contributed by atoms with Crippen molar-refractivity contribution in [1.82, 2.24) is 20.4 Å². The van der Waals surface area contributed by atoms with Crippen LogP contribution in [0.25, 0.3) is 11.1 Å². The van der Waals surface area contributed by atoms with Gasteiger partial charge in [0.1, 0.15) is 12.3 Å². The number of nitrogens with one attached hydrogen (secondary N) is 2. The minimum Gasteiger partial charge on any atom is -0.480 e. The van der Waals surface area contributed by atoms with Crippen LogP contribution in [0.5, 0.6) is 0 Å². The van der Waals surface area contributed by atoms with Crippen molar-refractivity contribution in [2.24, 2.45) is 7.05 Å². The summed E-state index contributed by atoms with van der Waals surface area (Å²) < 4.78 is 6.76. The zero-order valence-corrected chi connectivity index (χ0v) is 19.3. The maximum Gasteiger partial charge on any atom is 0.407 e. The van der Waals surface area contributed by atoms with E-state index in [1.54, 1.807) is 0 Å². The largest absolute Gasteiger partial charge is 0.480 e. The first-order valence-corrected chi connectivity index (χ1v) is 11.1. The molecule has 0 unspecified atom stereocenters. The molecule has 2 aromatic carbocycles. The van der Waals surface area contributed by atoms with Gasteiger partial charge in [0.2, 0.25) is 0 Å². The Bertz CT molecular complexity index is 1220. The molecule has 1 heterocycles. The normalized spacial score (nSPS) is 13.9. The topological polar surface area (TPSA) is 143 Å². The van der Waals surface area contributed by atoms with Crippen molar-refractivity contribution >= 4 is 18.0 Å². The Balaban J connectivity index is 1.35. The van der Waals surface area contributed by atoms with E-state index in [-0.39, 0.29) is 24.8 Å². The number of carbonyl (C=O) groups is 3. The Labute approximate surface area is 201 Å². The molecule has 0 aliphatic heterocycles. The fourth-order valence-corrected chi connectivity index (χ4v) is 4.24. The summed E-state index contributed by atoms with van der Waals surface area (Å²) in [5, 5.41) is 27.8. The molecule has 10 heteroatoms. The van der Waals surface area contributed by atoms with E-state index in [1.165, 1.54) is 24.7 Å². The molecule has 2 atom stereocenters. The van der Waals surface area contributed by atoms with Gasteiger partial charge in [-0.15, -0.1) is 0 Å². The second-order valence-electron chi connectivity index (χ2n) is 8.35. The predicted molar refractivity (Wildman–Crippen MR) is 126 cm³/mol. The summed E-state index contributed by atoms with van der Waals surface area (Å²) in [6.45, 7) is 1.45. The van der Waals surface area contributed by atoms with E-state index in [9.17, 15) is 19.5 Å². The summed E-state index contributed by atoms with van der Waals surface area (Å²) in [4.78, 5) is 36.0. The molecule has 1 aliphatic carbocycles. The highest BCUT2D eigenvalue weighted by atomic mass is 16.5. The van der Waals surface area contributed by atoms with Gasteiger partial charge >= 0.3 is 12.1 Å². The molecule has 0 saturated carbocycles.